The van der Waals surface area contributed by atoms with Crippen LogP contribution < -0.4 is 0 Å². The van der Waals surface area contributed by atoms with Crippen molar-refractivity contribution in [1.29, 1.82) is 0 Å². The van der Waals surface area contributed by atoms with Gasteiger partial charge in [0.15, 0.2) is 11.1 Å². The summed E-state index contributed by atoms with van der Waals surface area (Å²) >= 11 is -1.67. The molecule has 4 heteroatoms. The Labute approximate surface area is 147 Å². The standard InChI is InChI=1S/C8H10O2S.C3H8.2C2H6.Y/c9-11(10)7-6-8-4-2-1-3-5-8;1-3-2;2*1-2;/h1-5H,6-7H2,(H,9,10);3H2,1-2H3;2*1-2H3;. The summed E-state index contributed by atoms with van der Waals surface area (Å²) in [6.45, 7) is 12.2. The molecule has 0 aliphatic rings. The van der Waals surface area contributed by atoms with E-state index in [-0.39, 0.29) is 32.7 Å². The first kappa shape index (κ1) is 27.7. The van der Waals surface area contributed by atoms with Crippen LogP contribution in [0.5, 0.6) is 0 Å². The summed E-state index contributed by atoms with van der Waals surface area (Å²) in [5, 5.41) is 0. The average Bonchev–Trinajstić information content (AvgIpc) is 2.43. The van der Waals surface area contributed by atoms with Gasteiger partial charge in [-0.2, -0.15) is 0 Å². The Hall–Kier alpha value is 0.434. The fourth-order valence-electron chi connectivity index (χ4n) is 0.850. The van der Waals surface area contributed by atoms with Gasteiger partial charge >= 0.3 is 0 Å². The van der Waals surface area contributed by atoms with Gasteiger partial charge in [0, 0.05) is 32.7 Å². The molecule has 0 aliphatic heterocycles. The van der Waals surface area contributed by atoms with E-state index in [4.69, 9.17) is 4.55 Å². The molecule has 0 fully saturated rings. The molecule has 0 saturated heterocycles. The molecule has 1 radical (unpaired) electrons. The van der Waals surface area contributed by atoms with E-state index < -0.39 is 11.1 Å². The van der Waals surface area contributed by atoms with Crippen LogP contribution in [0.1, 0.15) is 53.5 Å². The van der Waals surface area contributed by atoms with E-state index in [0.29, 0.717) is 12.2 Å². The summed E-state index contributed by atoms with van der Waals surface area (Å²) in [6, 6.07) is 9.68. The summed E-state index contributed by atoms with van der Waals surface area (Å²) in [6.07, 6.45) is 1.92. The number of hydrogen-bond donors (Lipinski definition) is 1. The molecular weight excluding hydrogens is 333 g/mol. The van der Waals surface area contributed by atoms with Crippen molar-refractivity contribution < 1.29 is 41.5 Å². The van der Waals surface area contributed by atoms with Gasteiger partial charge in [-0.25, -0.2) is 4.21 Å². The minimum atomic E-state index is -1.67. The molecule has 0 spiro atoms. The second kappa shape index (κ2) is 26.9. The third kappa shape index (κ3) is 27.6. The molecule has 1 aromatic carbocycles. The second-order valence-corrected chi connectivity index (χ2v) is 4.02. The zero-order valence-electron chi connectivity index (χ0n) is 13.3. The van der Waals surface area contributed by atoms with Crippen molar-refractivity contribution in [2.24, 2.45) is 0 Å². The third-order valence-electron chi connectivity index (χ3n) is 1.41. The third-order valence-corrected chi connectivity index (χ3v) is 1.96. The molecule has 1 atom stereocenters. The molecule has 0 saturated carbocycles. The molecule has 0 bridgehead atoms. The van der Waals surface area contributed by atoms with Crippen LogP contribution in [0.2, 0.25) is 0 Å². The van der Waals surface area contributed by atoms with Crippen molar-refractivity contribution in [3.05, 3.63) is 35.9 Å². The predicted octanol–water partition coefficient (Wildman–Crippen LogP) is 4.92. The Morgan fingerprint density at radius 3 is 1.68 bits per heavy atom. The number of benzene rings is 1. The summed E-state index contributed by atoms with van der Waals surface area (Å²) in [7, 11) is 0. The zero-order valence-corrected chi connectivity index (χ0v) is 17.0. The number of rotatable bonds is 3. The number of aryl methyl sites for hydroxylation is 1. The van der Waals surface area contributed by atoms with Gasteiger partial charge < -0.3 is 4.55 Å². The van der Waals surface area contributed by atoms with Gasteiger partial charge in [0.1, 0.15) is 0 Å². The fraction of sp³-hybridized carbons (Fsp3) is 0.600. The molecule has 1 unspecified atom stereocenters. The van der Waals surface area contributed by atoms with Crippen molar-refractivity contribution in [2.75, 3.05) is 5.75 Å². The molecule has 0 heterocycles. The molecule has 0 aromatic heterocycles. The van der Waals surface area contributed by atoms with Crippen LogP contribution in [-0.4, -0.2) is 14.5 Å². The minimum absolute atomic E-state index is 0. The fourth-order valence-corrected chi connectivity index (χ4v) is 1.26. The summed E-state index contributed by atoms with van der Waals surface area (Å²) in [4.78, 5) is 0. The van der Waals surface area contributed by atoms with Crippen LogP contribution in [0.3, 0.4) is 0 Å². The van der Waals surface area contributed by atoms with Crippen LogP contribution in [0.4, 0.5) is 0 Å². The maximum atomic E-state index is 10.3. The van der Waals surface area contributed by atoms with Gasteiger partial charge in [0.25, 0.3) is 0 Å². The van der Waals surface area contributed by atoms with E-state index in [0.717, 1.165) is 5.56 Å². The summed E-state index contributed by atoms with van der Waals surface area (Å²) < 4.78 is 18.8. The first-order valence-electron chi connectivity index (χ1n) is 6.82. The normalized spacial score (nSPS) is 9.00. The van der Waals surface area contributed by atoms with E-state index in [1.165, 1.54) is 6.42 Å². The van der Waals surface area contributed by atoms with Crippen LogP contribution >= 0.6 is 0 Å². The van der Waals surface area contributed by atoms with Crippen molar-refractivity contribution in [1.82, 2.24) is 0 Å². The molecule has 1 rings (SSSR count). The molecule has 1 N–H and O–H groups in total. The number of hydrogen-bond acceptors (Lipinski definition) is 1. The van der Waals surface area contributed by atoms with Crippen LogP contribution in [0, 0.1) is 0 Å². The molecule has 1 aromatic rings. The van der Waals surface area contributed by atoms with E-state index in [9.17, 15) is 4.21 Å². The van der Waals surface area contributed by atoms with Crippen molar-refractivity contribution in [3.63, 3.8) is 0 Å². The summed E-state index contributed by atoms with van der Waals surface area (Å²) in [5.74, 6) is 0.323. The minimum Gasteiger partial charge on any atom is -0.306 e. The molecule has 111 valence electrons. The molecule has 0 amide bonds. The van der Waals surface area contributed by atoms with Gasteiger partial charge in [-0.1, -0.05) is 78.3 Å². The van der Waals surface area contributed by atoms with E-state index in [1.54, 1.807) is 0 Å². The summed E-state index contributed by atoms with van der Waals surface area (Å²) in [5.41, 5.74) is 1.11. The largest absolute Gasteiger partial charge is 0.306 e. The van der Waals surface area contributed by atoms with E-state index in [1.807, 2.05) is 58.0 Å². The van der Waals surface area contributed by atoms with Gasteiger partial charge in [-0.3, -0.25) is 0 Å². The van der Waals surface area contributed by atoms with Crippen molar-refractivity contribution in [3.8, 4) is 0 Å². The second-order valence-electron chi connectivity index (χ2n) is 2.97. The Balaban J connectivity index is -0.000000121. The Bertz CT molecular complexity index is 254. The quantitative estimate of drug-likeness (QED) is 0.774. The maximum Gasteiger partial charge on any atom is 0.153 e. The maximum absolute atomic E-state index is 10.3. The molecule has 2 nitrogen and oxygen atoms in total. The van der Waals surface area contributed by atoms with Crippen molar-refractivity contribution >= 4 is 11.1 Å². The van der Waals surface area contributed by atoms with Gasteiger partial charge in [-0.05, 0) is 12.0 Å². The van der Waals surface area contributed by atoms with Crippen LogP contribution in [0.25, 0.3) is 0 Å². The average molecular weight is 363 g/mol. The smallest absolute Gasteiger partial charge is 0.153 e. The van der Waals surface area contributed by atoms with Crippen LogP contribution in [-0.2, 0) is 50.2 Å². The Kier molecular flexibility index (Phi) is 39.2. The molecular formula is C15H30O2SY. The predicted molar refractivity (Wildman–Crippen MR) is 84.4 cm³/mol. The first-order chi connectivity index (χ1) is 8.70. The SMILES string of the molecule is CC.CC.CCC.O=S(O)CCc1ccccc1.[Y]. The van der Waals surface area contributed by atoms with Gasteiger partial charge in [0.2, 0.25) is 0 Å². The van der Waals surface area contributed by atoms with Crippen molar-refractivity contribution in [2.45, 2.75) is 54.4 Å². The monoisotopic (exact) mass is 363 g/mol. The van der Waals surface area contributed by atoms with E-state index >= 15 is 0 Å². The zero-order chi connectivity index (χ0) is 14.8. The first-order valence-corrected chi connectivity index (χ1v) is 8.09. The van der Waals surface area contributed by atoms with Gasteiger partial charge in [0.05, 0.1) is 5.75 Å². The van der Waals surface area contributed by atoms with E-state index in [2.05, 4.69) is 13.8 Å². The molecule has 19 heavy (non-hydrogen) atoms. The Morgan fingerprint density at radius 2 is 1.37 bits per heavy atom. The molecule has 0 aliphatic carbocycles. The Morgan fingerprint density at radius 1 is 1.00 bits per heavy atom. The van der Waals surface area contributed by atoms with Crippen LogP contribution in [0.15, 0.2) is 30.3 Å². The topological polar surface area (TPSA) is 37.3 Å². The van der Waals surface area contributed by atoms with Gasteiger partial charge in [-0.15, -0.1) is 0 Å².